The molecule has 120 valence electrons. The number of nitrogens with one attached hydrogen (secondary N) is 1. The molecule has 1 N–H and O–H groups in total. The molecular formula is C17H24N2O3. The SMILES string of the molecule is CC(=O)N1CCCC(C(=O)Nc2ccccc2OC(C)C)C1. The van der Waals surface area contributed by atoms with Gasteiger partial charge >= 0.3 is 0 Å². The Bertz CT molecular complexity index is 542. The van der Waals surface area contributed by atoms with Gasteiger partial charge in [-0.1, -0.05) is 12.1 Å². The Balaban J connectivity index is 2.04. The number of hydrogen-bond donors (Lipinski definition) is 1. The van der Waals surface area contributed by atoms with Crippen molar-refractivity contribution in [3.05, 3.63) is 24.3 Å². The van der Waals surface area contributed by atoms with Crippen molar-refractivity contribution in [2.45, 2.75) is 39.7 Å². The third-order valence-electron chi connectivity index (χ3n) is 3.75. The lowest BCUT2D eigenvalue weighted by atomic mass is 9.97. The number of anilines is 1. The van der Waals surface area contributed by atoms with Crippen LogP contribution in [0.5, 0.6) is 5.75 Å². The van der Waals surface area contributed by atoms with E-state index in [0.717, 1.165) is 19.4 Å². The maximum Gasteiger partial charge on any atom is 0.229 e. The summed E-state index contributed by atoms with van der Waals surface area (Å²) >= 11 is 0. The van der Waals surface area contributed by atoms with E-state index in [2.05, 4.69) is 5.32 Å². The van der Waals surface area contributed by atoms with Crippen LogP contribution in [0, 0.1) is 5.92 Å². The Labute approximate surface area is 131 Å². The number of piperidine rings is 1. The maximum atomic E-state index is 12.5. The molecular weight excluding hydrogens is 280 g/mol. The van der Waals surface area contributed by atoms with Crippen LogP contribution in [0.2, 0.25) is 0 Å². The largest absolute Gasteiger partial charge is 0.489 e. The van der Waals surface area contributed by atoms with Gasteiger partial charge < -0.3 is 15.0 Å². The van der Waals surface area contributed by atoms with Gasteiger partial charge in [0.25, 0.3) is 0 Å². The summed E-state index contributed by atoms with van der Waals surface area (Å²) < 4.78 is 5.71. The van der Waals surface area contributed by atoms with Crippen LogP contribution in [-0.4, -0.2) is 35.9 Å². The minimum atomic E-state index is -0.162. The minimum Gasteiger partial charge on any atom is -0.489 e. The van der Waals surface area contributed by atoms with Crippen LogP contribution < -0.4 is 10.1 Å². The minimum absolute atomic E-state index is 0.0287. The number of nitrogens with zero attached hydrogens (tertiary/aromatic N) is 1. The molecule has 0 aliphatic carbocycles. The van der Waals surface area contributed by atoms with Crippen LogP contribution in [0.25, 0.3) is 0 Å². The number of likely N-dealkylation sites (tertiary alicyclic amines) is 1. The molecule has 1 unspecified atom stereocenters. The van der Waals surface area contributed by atoms with E-state index in [4.69, 9.17) is 4.74 Å². The van der Waals surface area contributed by atoms with Gasteiger partial charge in [0.2, 0.25) is 11.8 Å². The quantitative estimate of drug-likeness (QED) is 0.930. The molecule has 1 saturated heterocycles. The number of ether oxygens (including phenoxy) is 1. The first-order chi connectivity index (χ1) is 10.5. The van der Waals surface area contributed by atoms with Crippen molar-refractivity contribution in [1.29, 1.82) is 0 Å². The predicted octanol–water partition coefficient (Wildman–Crippen LogP) is 2.67. The van der Waals surface area contributed by atoms with Crippen molar-refractivity contribution in [2.24, 2.45) is 5.92 Å². The van der Waals surface area contributed by atoms with Crippen LogP contribution in [-0.2, 0) is 9.59 Å². The molecule has 1 fully saturated rings. The second-order valence-corrected chi connectivity index (χ2v) is 5.96. The fourth-order valence-electron chi connectivity index (χ4n) is 2.64. The van der Waals surface area contributed by atoms with Gasteiger partial charge in [-0.15, -0.1) is 0 Å². The van der Waals surface area contributed by atoms with E-state index in [1.165, 1.54) is 0 Å². The summed E-state index contributed by atoms with van der Waals surface area (Å²) in [7, 11) is 0. The van der Waals surface area contributed by atoms with Crippen molar-refractivity contribution >= 4 is 17.5 Å². The van der Waals surface area contributed by atoms with Crippen LogP contribution in [0.3, 0.4) is 0 Å². The summed E-state index contributed by atoms with van der Waals surface area (Å²) in [6.07, 6.45) is 1.71. The van der Waals surface area contributed by atoms with Crippen LogP contribution in [0.15, 0.2) is 24.3 Å². The predicted molar refractivity (Wildman–Crippen MR) is 85.8 cm³/mol. The van der Waals surface area contributed by atoms with Crippen molar-refractivity contribution < 1.29 is 14.3 Å². The standard InChI is InChI=1S/C17H24N2O3/c1-12(2)22-16-9-5-4-8-15(16)18-17(21)14-7-6-10-19(11-14)13(3)20/h4-5,8-9,12,14H,6-7,10-11H2,1-3H3,(H,18,21). The Kier molecular flexibility index (Phi) is 5.41. The summed E-state index contributed by atoms with van der Waals surface area (Å²) in [4.78, 5) is 25.7. The number of benzene rings is 1. The number of hydrogen-bond acceptors (Lipinski definition) is 3. The third kappa shape index (κ3) is 4.23. The Morgan fingerprint density at radius 1 is 1.32 bits per heavy atom. The number of amides is 2. The molecule has 1 aliphatic rings. The van der Waals surface area contributed by atoms with Crippen molar-refractivity contribution in [1.82, 2.24) is 4.90 Å². The van der Waals surface area contributed by atoms with E-state index < -0.39 is 0 Å². The average Bonchev–Trinajstić information content (AvgIpc) is 2.49. The lowest BCUT2D eigenvalue weighted by Gasteiger charge is -2.31. The lowest BCUT2D eigenvalue weighted by Crippen LogP contribution is -2.42. The summed E-state index contributed by atoms with van der Waals surface area (Å²) in [5, 5.41) is 2.94. The highest BCUT2D eigenvalue weighted by atomic mass is 16.5. The highest BCUT2D eigenvalue weighted by Crippen LogP contribution is 2.26. The number of carbonyl (C=O) groups excluding carboxylic acids is 2. The van der Waals surface area contributed by atoms with E-state index in [-0.39, 0.29) is 23.8 Å². The zero-order chi connectivity index (χ0) is 16.1. The molecule has 5 heteroatoms. The fourth-order valence-corrected chi connectivity index (χ4v) is 2.64. The number of rotatable bonds is 4. The maximum absolute atomic E-state index is 12.5. The summed E-state index contributed by atoms with van der Waals surface area (Å²) in [5.41, 5.74) is 0.682. The molecule has 5 nitrogen and oxygen atoms in total. The van der Waals surface area contributed by atoms with Crippen LogP contribution >= 0.6 is 0 Å². The second-order valence-electron chi connectivity index (χ2n) is 5.96. The van der Waals surface area contributed by atoms with Crippen LogP contribution in [0.1, 0.15) is 33.6 Å². The second kappa shape index (κ2) is 7.29. The van der Waals surface area contributed by atoms with Crippen molar-refractivity contribution in [3.8, 4) is 5.75 Å². The topological polar surface area (TPSA) is 58.6 Å². The van der Waals surface area contributed by atoms with E-state index >= 15 is 0 Å². The molecule has 2 amide bonds. The average molecular weight is 304 g/mol. The molecule has 2 rings (SSSR count). The van der Waals surface area contributed by atoms with Gasteiger partial charge in [0.15, 0.2) is 0 Å². The summed E-state index contributed by atoms with van der Waals surface area (Å²) in [6.45, 7) is 6.68. The normalized spacial score (nSPS) is 18.2. The Morgan fingerprint density at radius 2 is 2.05 bits per heavy atom. The molecule has 1 aliphatic heterocycles. The van der Waals surface area contributed by atoms with Gasteiger partial charge in [0, 0.05) is 20.0 Å². The van der Waals surface area contributed by atoms with Gasteiger partial charge in [-0.2, -0.15) is 0 Å². The lowest BCUT2D eigenvalue weighted by molar-refractivity contribution is -0.132. The van der Waals surface area contributed by atoms with Gasteiger partial charge in [0.1, 0.15) is 5.75 Å². The fraction of sp³-hybridized carbons (Fsp3) is 0.529. The van der Waals surface area contributed by atoms with E-state index in [9.17, 15) is 9.59 Å². The summed E-state index contributed by atoms with van der Waals surface area (Å²) in [6, 6.07) is 7.43. The molecule has 0 aromatic heterocycles. The van der Waals surface area contributed by atoms with Gasteiger partial charge in [-0.05, 0) is 38.8 Å². The zero-order valence-corrected chi connectivity index (χ0v) is 13.5. The smallest absolute Gasteiger partial charge is 0.229 e. The van der Waals surface area contributed by atoms with Gasteiger partial charge in [-0.25, -0.2) is 0 Å². The van der Waals surface area contributed by atoms with Crippen molar-refractivity contribution in [2.75, 3.05) is 18.4 Å². The first-order valence-corrected chi connectivity index (χ1v) is 7.79. The highest BCUT2D eigenvalue weighted by molar-refractivity contribution is 5.94. The van der Waals surface area contributed by atoms with E-state index in [1.54, 1.807) is 11.8 Å². The van der Waals surface area contributed by atoms with Gasteiger partial charge in [0.05, 0.1) is 17.7 Å². The summed E-state index contributed by atoms with van der Waals surface area (Å²) in [5.74, 6) is 0.488. The monoisotopic (exact) mass is 304 g/mol. The van der Waals surface area contributed by atoms with E-state index in [1.807, 2.05) is 38.1 Å². The molecule has 0 radical (unpaired) electrons. The molecule has 22 heavy (non-hydrogen) atoms. The molecule has 1 heterocycles. The highest BCUT2D eigenvalue weighted by Gasteiger charge is 2.27. The third-order valence-corrected chi connectivity index (χ3v) is 3.75. The van der Waals surface area contributed by atoms with E-state index in [0.29, 0.717) is 18.0 Å². The molecule has 0 saturated carbocycles. The van der Waals surface area contributed by atoms with Crippen LogP contribution in [0.4, 0.5) is 5.69 Å². The molecule has 0 spiro atoms. The van der Waals surface area contributed by atoms with Gasteiger partial charge in [-0.3, -0.25) is 9.59 Å². The Hall–Kier alpha value is -2.04. The molecule has 1 aromatic carbocycles. The molecule has 1 atom stereocenters. The number of para-hydroxylation sites is 2. The Morgan fingerprint density at radius 3 is 2.73 bits per heavy atom. The van der Waals surface area contributed by atoms with Crippen molar-refractivity contribution in [3.63, 3.8) is 0 Å². The first kappa shape index (κ1) is 16.3. The number of carbonyl (C=O) groups is 2. The first-order valence-electron chi connectivity index (χ1n) is 7.79. The zero-order valence-electron chi connectivity index (χ0n) is 13.5. The molecule has 0 bridgehead atoms. The molecule has 1 aromatic rings.